The fraction of sp³-hybridized carbons (Fsp3) is 0.200. The van der Waals surface area contributed by atoms with Gasteiger partial charge in [-0.15, -0.1) is 0 Å². The average Bonchev–Trinajstić information content (AvgIpc) is 2.94. The lowest BCUT2D eigenvalue weighted by atomic mass is 10.1. The van der Waals surface area contributed by atoms with Crippen LogP contribution in [0.2, 0.25) is 5.02 Å². The van der Waals surface area contributed by atoms with Gasteiger partial charge in [0.25, 0.3) is 11.8 Å². The molecule has 0 unspecified atom stereocenters. The van der Waals surface area contributed by atoms with Gasteiger partial charge in [0.05, 0.1) is 44.9 Å². The maximum atomic E-state index is 13.6. The van der Waals surface area contributed by atoms with Crippen LogP contribution in [0.5, 0.6) is 0 Å². The van der Waals surface area contributed by atoms with E-state index < -0.39 is 17.1 Å². The van der Waals surface area contributed by atoms with Crippen LogP contribution >= 0.6 is 11.6 Å². The summed E-state index contributed by atoms with van der Waals surface area (Å²) in [6.07, 6.45) is -0.590. The molecule has 1 atom stereocenters. The van der Waals surface area contributed by atoms with Crippen molar-refractivity contribution < 1.29 is 23.3 Å². The third kappa shape index (κ3) is 4.90. The number of fused-ring (bicyclic) bond motifs is 2. The molecule has 1 N–H and O–H groups in total. The van der Waals surface area contributed by atoms with Gasteiger partial charge in [-0.2, -0.15) is 0 Å². The topological polar surface area (TPSA) is 84.9 Å². The number of hydrogen-bond donors (Lipinski definition) is 1. The molecular weight excluding hydrogens is 476 g/mol. The molecule has 0 saturated carbocycles. The van der Waals surface area contributed by atoms with Crippen molar-refractivity contribution in [3.63, 3.8) is 0 Å². The highest BCUT2D eigenvalue weighted by Crippen LogP contribution is 2.36. The minimum atomic E-state index is -1.61. The van der Waals surface area contributed by atoms with Crippen molar-refractivity contribution in [2.24, 2.45) is 0 Å². The van der Waals surface area contributed by atoms with Gasteiger partial charge < -0.3 is 19.7 Å². The maximum Gasteiger partial charge on any atom is 0.259 e. The lowest BCUT2D eigenvalue weighted by Gasteiger charge is -2.24. The van der Waals surface area contributed by atoms with Crippen molar-refractivity contribution in [1.29, 1.82) is 0 Å². The van der Waals surface area contributed by atoms with Crippen molar-refractivity contribution in [2.45, 2.75) is 22.6 Å². The zero-order valence-corrected chi connectivity index (χ0v) is 20.2. The molecule has 0 radical (unpaired) electrons. The number of amides is 2. The van der Waals surface area contributed by atoms with Gasteiger partial charge in [0.2, 0.25) is 0 Å². The number of halogens is 1. The molecular formula is C25H23ClN2O5S. The van der Waals surface area contributed by atoms with E-state index in [1.54, 1.807) is 60.7 Å². The zero-order valence-electron chi connectivity index (χ0n) is 18.6. The Hall–Kier alpha value is -3.04. The Bertz CT molecular complexity index is 1260. The summed E-state index contributed by atoms with van der Waals surface area (Å²) in [7, 11) is 1.36. The van der Waals surface area contributed by atoms with Crippen molar-refractivity contribution >= 4 is 39.9 Å². The standard InChI is InChI=1S/C25H23ClN2O5S/c1-32-23(33-2)14-27-24(29)17-10-11-22-20(13-17)28(15-16-6-5-7-18(26)12-16)25(30)19-8-3-4-9-21(19)34(22)31/h3-13,23H,14-15H2,1-2H3,(H,27,29)/t34-/m0/s1. The van der Waals surface area contributed by atoms with Gasteiger partial charge in [-0.05, 0) is 48.0 Å². The monoisotopic (exact) mass is 498 g/mol. The first kappa shape index (κ1) is 24.1. The Morgan fingerprint density at radius 1 is 1.03 bits per heavy atom. The second kappa shape index (κ2) is 10.5. The molecule has 0 spiro atoms. The van der Waals surface area contributed by atoms with Crippen LogP contribution in [0.15, 0.2) is 76.5 Å². The molecule has 4 rings (SSSR count). The van der Waals surface area contributed by atoms with E-state index in [-0.39, 0.29) is 24.9 Å². The summed E-state index contributed by atoms with van der Waals surface area (Å²) in [5.74, 6) is -0.677. The minimum absolute atomic E-state index is 0.144. The lowest BCUT2D eigenvalue weighted by Crippen LogP contribution is -2.34. The number of carbonyl (C=O) groups is 2. The summed E-state index contributed by atoms with van der Waals surface area (Å²) in [6, 6.07) is 18.8. The van der Waals surface area contributed by atoms with Gasteiger partial charge in [-0.25, -0.2) is 4.21 Å². The largest absolute Gasteiger partial charge is 0.354 e. The van der Waals surface area contributed by atoms with E-state index in [1.165, 1.54) is 19.1 Å². The normalized spacial score (nSPS) is 15.0. The van der Waals surface area contributed by atoms with Crippen LogP contribution in [0.3, 0.4) is 0 Å². The highest BCUT2D eigenvalue weighted by atomic mass is 35.5. The molecule has 1 aliphatic rings. The quantitative estimate of drug-likeness (QED) is 0.497. The van der Waals surface area contributed by atoms with Crippen LogP contribution in [0.4, 0.5) is 5.69 Å². The first-order chi connectivity index (χ1) is 16.4. The molecule has 34 heavy (non-hydrogen) atoms. The van der Waals surface area contributed by atoms with Crippen LogP contribution in [-0.2, 0) is 26.8 Å². The van der Waals surface area contributed by atoms with Gasteiger partial charge in [-0.1, -0.05) is 35.9 Å². The van der Waals surface area contributed by atoms with Gasteiger partial charge in [0.1, 0.15) is 0 Å². The molecule has 0 aromatic heterocycles. The Morgan fingerprint density at radius 3 is 2.53 bits per heavy atom. The molecule has 0 saturated heterocycles. The summed E-state index contributed by atoms with van der Waals surface area (Å²) in [5.41, 5.74) is 1.88. The summed E-state index contributed by atoms with van der Waals surface area (Å²) >= 11 is 6.16. The predicted molar refractivity (Wildman–Crippen MR) is 130 cm³/mol. The SMILES string of the molecule is COC(CNC(=O)c1ccc2c(c1)N(Cc1cccc(Cl)c1)C(=O)c1ccccc1[S@@]2=O)OC. The third-order valence-electron chi connectivity index (χ3n) is 5.46. The van der Waals surface area contributed by atoms with Crippen molar-refractivity contribution in [3.05, 3.63) is 88.4 Å². The van der Waals surface area contributed by atoms with Crippen LogP contribution in [0, 0.1) is 0 Å². The molecule has 0 fully saturated rings. The number of carbonyl (C=O) groups excluding carboxylic acids is 2. The van der Waals surface area contributed by atoms with Gasteiger partial charge in [0.15, 0.2) is 6.29 Å². The highest BCUT2D eigenvalue weighted by molar-refractivity contribution is 7.85. The van der Waals surface area contributed by atoms with Crippen molar-refractivity contribution in [1.82, 2.24) is 5.32 Å². The van der Waals surface area contributed by atoms with E-state index >= 15 is 0 Å². The van der Waals surface area contributed by atoms with Crippen LogP contribution in [-0.4, -0.2) is 43.1 Å². The second-order valence-corrected chi connectivity index (χ2v) is 9.43. The fourth-order valence-corrected chi connectivity index (χ4v) is 5.28. The molecule has 0 aliphatic carbocycles. The minimum Gasteiger partial charge on any atom is -0.354 e. The Labute approximate surface area is 205 Å². The number of anilines is 1. The number of ether oxygens (including phenoxy) is 2. The highest BCUT2D eigenvalue weighted by Gasteiger charge is 2.31. The summed E-state index contributed by atoms with van der Waals surface area (Å²) in [6.45, 7) is 0.337. The number of benzene rings is 3. The smallest absolute Gasteiger partial charge is 0.259 e. The number of nitrogens with zero attached hydrogens (tertiary/aromatic N) is 1. The van der Waals surface area contributed by atoms with E-state index in [4.69, 9.17) is 21.1 Å². The van der Waals surface area contributed by atoms with Gasteiger partial charge in [0, 0.05) is 24.8 Å². The van der Waals surface area contributed by atoms with E-state index in [1.807, 2.05) is 6.07 Å². The molecule has 9 heteroatoms. The van der Waals surface area contributed by atoms with Crippen molar-refractivity contribution in [3.8, 4) is 0 Å². The van der Waals surface area contributed by atoms with Gasteiger partial charge in [-0.3, -0.25) is 9.59 Å². The number of hydrogen-bond acceptors (Lipinski definition) is 5. The fourth-order valence-electron chi connectivity index (χ4n) is 3.72. The van der Waals surface area contributed by atoms with E-state index in [9.17, 15) is 13.8 Å². The van der Waals surface area contributed by atoms with Crippen LogP contribution < -0.4 is 10.2 Å². The maximum absolute atomic E-state index is 13.6. The van der Waals surface area contributed by atoms with E-state index in [0.29, 0.717) is 31.6 Å². The van der Waals surface area contributed by atoms with Crippen LogP contribution in [0.25, 0.3) is 0 Å². The molecule has 3 aromatic carbocycles. The third-order valence-corrected chi connectivity index (χ3v) is 7.19. The first-order valence-electron chi connectivity index (χ1n) is 10.5. The van der Waals surface area contributed by atoms with E-state index in [0.717, 1.165) is 5.56 Å². The summed E-state index contributed by atoms with van der Waals surface area (Å²) < 4.78 is 23.7. The molecule has 0 bridgehead atoms. The summed E-state index contributed by atoms with van der Waals surface area (Å²) in [4.78, 5) is 28.9. The summed E-state index contributed by atoms with van der Waals surface area (Å²) in [5, 5.41) is 3.29. The molecule has 176 valence electrons. The number of rotatable bonds is 7. The molecule has 7 nitrogen and oxygen atoms in total. The van der Waals surface area contributed by atoms with Crippen molar-refractivity contribution in [2.75, 3.05) is 25.7 Å². The Balaban J connectivity index is 1.77. The van der Waals surface area contributed by atoms with Crippen LogP contribution in [0.1, 0.15) is 26.3 Å². The first-order valence-corrected chi connectivity index (χ1v) is 12.0. The predicted octanol–water partition coefficient (Wildman–Crippen LogP) is 4.02. The van der Waals surface area contributed by atoms with E-state index in [2.05, 4.69) is 5.32 Å². The molecule has 1 heterocycles. The Kier molecular flexibility index (Phi) is 7.43. The molecule has 2 amide bonds. The second-order valence-electron chi connectivity index (χ2n) is 7.58. The van der Waals surface area contributed by atoms with Gasteiger partial charge >= 0.3 is 0 Å². The Morgan fingerprint density at radius 2 is 1.79 bits per heavy atom. The average molecular weight is 499 g/mol. The number of nitrogens with one attached hydrogen (secondary N) is 1. The lowest BCUT2D eigenvalue weighted by molar-refractivity contribution is -0.0974. The number of methoxy groups -OCH3 is 2. The zero-order chi connectivity index (χ0) is 24.2. The molecule has 3 aromatic rings. The molecule has 1 aliphatic heterocycles.